The van der Waals surface area contributed by atoms with Gasteiger partial charge in [0.05, 0.1) is 0 Å². The van der Waals surface area contributed by atoms with Crippen LogP contribution in [0.1, 0.15) is 0 Å². The van der Waals surface area contributed by atoms with Crippen molar-refractivity contribution in [2.24, 2.45) is 0 Å². The largest absolute Gasteiger partial charge is 0.208 e. The Bertz CT molecular complexity index is 3550. The van der Waals surface area contributed by atoms with E-state index in [1.54, 1.807) is 0 Å². The second-order valence-corrected chi connectivity index (χ2v) is 15.4. The molecule has 3 nitrogen and oxygen atoms in total. The van der Waals surface area contributed by atoms with Crippen molar-refractivity contribution in [3.63, 3.8) is 0 Å². The topological polar surface area (TPSA) is 38.7 Å². The van der Waals surface area contributed by atoms with E-state index in [-0.39, 0.29) is 0 Å². The Kier molecular flexibility index (Phi) is 6.50. The molecular formula is C51H29N3S. The molecule has 0 saturated heterocycles. The summed E-state index contributed by atoms with van der Waals surface area (Å²) in [4.78, 5) is 16.3. The van der Waals surface area contributed by atoms with Gasteiger partial charge in [0.2, 0.25) is 0 Å². The summed E-state index contributed by atoms with van der Waals surface area (Å²) in [5, 5.41) is 16.7. The Morgan fingerprint density at radius 2 is 0.836 bits per heavy atom. The Morgan fingerprint density at radius 1 is 0.309 bits per heavy atom. The van der Waals surface area contributed by atoms with Gasteiger partial charge in [-0.15, -0.1) is 11.3 Å². The molecule has 0 aliphatic rings. The second kappa shape index (κ2) is 11.7. The summed E-state index contributed by atoms with van der Waals surface area (Å²) >= 11 is 1.85. The number of nitrogens with zero attached hydrogens (tertiary/aromatic N) is 3. The minimum absolute atomic E-state index is 0.651. The van der Waals surface area contributed by atoms with Crippen LogP contribution in [0.25, 0.3) is 119 Å². The SMILES string of the molecule is c1ccc(-c2nc(-c3cc4ccccc4c4ccccc34)nc(-c3c4c(cc5c6ccccc6c6ccccc6c35)sc3cc5ccccc5cc34)n2)cc1. The highest BCUT2D eigenvalue weighted by atomic mass is 32.1. The predicted molar refractivity (Wildman–Crippen MR) is 234 cm³/mol. The van der Waals surface area contributed by atoms with Gasteiger partial charge in [0.15, 0.2) is 17.5 Å². The number of benzene rings is 10. The molecule has 254 valence electrons. The number of rotatable bonds is 3. The number of thiophene rings is 1. The molecule has 0 radical (unpaired) electrons. The Morgan fingerprint density at radius 3 is 1.58 bits per heavy atom. The van der Waals surface area contributed by atoms with Crippen molar-refractivity contribution in [1.82, 2.24) is 15.0 Å². The van der Waals surface area contributed by atoms with Gasteiger partial charge in [-0.05, 0) is 83.5 Å². The molecule has 55 heavy (non-hydrogen) atoms. The van der Waals surface area contributed by atoms with Crippen LogP contribution >= 0.6 is 11.3 Å². The van der Waals surface area contributed by atoms with Crippen molar-refractivity contribution in [3.05, 3.63) is 176 Å². The van der Waals surface area contributed by atoms with Crippen molar-refractivity contribution in [3.8, 4) is 34.2 Å². The van der Waals surface area contributed by atoms with Gasteiger partial charge >= 0.3 is 0 Å². The standard InChI is InChI=1S/C51H29N3S/c1-2-14-30(15-3-1)49-52-50(42-27-33-18-6-7-19-34(33)35-20-8-11-24-39(35)42)54-51(53-49)48-46-40-25-13-12-22-37(40)36-21-9-10-23-38(36)41(46)29-45-47(48)43-26-31-16-4-5-17-32(31)28-44(43)55-45/h1-29H. The lowest BCUT2D eigenvalue weighted by Crippen LogP contribution is -2.02. The molecule has 0 unspecified atom stereocenters. The quantitative estimate of drug-likeness (QED) is 0.171. The number of hydrogen-bond acceptors (Lipinski definition) is 4. The van der Waals surface area contributed by atoms with E-state index in [9.17, 15) is 0 Å². The van der Waals surface area contributed by atoms with Crippen LogP contribution < -0.4 is 0 Å². The Hall–Kier alpha value is -7.01. The van der Waals surface area contributed by atoms with E-state index in [0.717, 1.165) is 32.8 Å². The molecule has 2 heterocycles. The molecular weight excluding hydrogens is 687 g/mol. The highest BCUT2D eigenvalue weighted by molar-refractivity contribution is 7.26. The summed E-state index contributed by atoms with van der Waals surface area (Å²) in [6, 6.07) is 63.2. The van der Waals surface area contributed by atoms with Crippen molar-refractivity contribution in [2.45, 2.75) is 0 Å². The van der Waals surface area contributed by atoms with Gasteiger partial charge in [-0.25, -0.2) is 15.0 Å². The maximum Gasteiger partial charge on any atom is 0.165 e. The maximum absolute atomic E-state index is 5.57. The van der Waals surface area contributed by atoms with Gasteiger partial charge in [0.25, 0.3) is 0 Å². The summed E-state index contributed by atoms with van der Waals surface area (Å²) in [6.45, 7) is 0. The van der Waals surface area contributed by atoms with Crippen molar-refractivity contribution in [1.29, 1.82) is 0 Å². The van der Waals surface area contributed by atoms with Crippen molar-refractivity contribution in [2.75, 3.05) is 0 Å². The van der Waals surface area contributed by atoms with E-state index in [1.165, 1.54) is 68.6 Å². The molecule has 2 aromatic heterocycles. The third-order valence-corrected chi connectivity index (χ3v) is 12.3. The fourth-order valence-electron chi connectivity index (χ4n) is 8.79. The summed E-state index contributed by atoms with van der Waals surface area (Å²) in [5.41, 5.74) is 2.98. The van der Waals surface area contributed by atoms with E-state index >= 15 is 0 Å². The van der Waals surface area contributed by atoms with Crippen LogP contribution in [0.2, 0.25) is 0 Å². The lowest BCUT2D eigenvalue weighted by Gasteiger charge is -2.17. The molecule has 0 saturated carbocycles. The fourth-order valence-corrected chi connectivity index (χ4v) is 9.98. The van der Waals surface area contributed by atoms with Gasteiger partial charge in [0.1, 0.15) is 0 Å². The van der Waals surface area contributed by atoms with Crippen LogP contribution in [-0.2, 0) is 0 Å². The third kappa shape index (κ3) is 4.59. The van der Waals surface area contributed by atoms with E-state index in [1.807, 2.05) is 17.4 Å². The maximum atomic E-state index is 5.57. The molecule has 0 N–H and O–H groups in total. The fraction of sp³-hybridized carbons (Fsp3) is 0. The molecule has 4 heteroatoms. The predicted octanol–water partition coefficient (Wildman–Crippen LogP) is 14.2. The van der Waals surface area contributed by atoms with E-state index in [0.29, 0.717) is 17.5 Å². The number of hydrogen-bond donors (Lipinski definition) is 0. The van der Waals surface area contributed by atoms with Gasteiger partial charge in [0, 0.05) is 42.2 Å². The molecule has 0 spiro atoms. The molecule has 0 aliphatic heterocycles. The summed E-state index contributed by atoms with van der Waals surface area (Å²) < 4.78 is 2.46. The molecule has 0 atom stereocenters. The summed E-state index contributed by atoms with van der Waals surface area (Å²) in [7, 11) is 0. The molecule has 10 aromatic carbocycles. The van der Waals surface area contributed by atoms with Crippen molar-refractivity contribution < 1.29 is 0 Å². The molecule has 12 aromatic rings. The first-order valence-electron chi connectivity index (χ1n) is 18.6. The molecule has 0 bridgehead atoms. The van der Waals surface area contributed by atoms with Crippen LogP contribution in [0.3, 0.4) is 0 Å². The minimum atomic E-state index is 0.651. The highest BCUT2D eigenvalue weighted by Gasteiger charge is 2.24. The Labute approximate surface area is 319 Å². The second-order valence-electron chi connectivity index (χ2n) is 14.3. The van der Waals surface area contributed by atoms with Crippen LogP contribution in [0.15, 0.2) is 176 Å². The molecule has 0 fully saturated rings. The monoisotopic (exact) mass is 715 g/mol. The van der Waals surface area contributed by atoms with Crippen LogP contribution in [0.4, 0.5) is 0 Å². The van der Waals surface area contributed by atoms with Crippen LogP contribution in [-0.4, -0.2) is 15.0 Å². The van der Waals surface area contributed by atoms with Crippen LogP contribution in [0.5, 0.6) is 0 Å². The molecule has 12 rings (SSSR count). The average molecular weight is 716 g/mol. The normalized spacial score (nSPS) is 12.0. The zero-order valence-corrected chi connectivity index (χ0v) is 30.3. The average Bonchev–Trinajstić information content (AvgIpc) is 3.61. The lowest BCUT2D eigenvalue weighted by molar-refractivity contribution is 1.08. The summed E-state index contributed by atoms with van der Waals surface area (Å²) in [5.74, 6) is 1.98. The first-order chi connectivity index (χ1) is 27.3. The van der Waals surface area contributed by atoms with E-state index in [4.69, 9.17) is 15.0 Å². The molecule has 0 amide bonds. The highest BCUT2D eigenvalue weighted by Crippen LogP contribution is 2.49. The Balaban J connectivity index is 1.30. The molecule has 0 aliphatic carbocycles. The van der Waals surface area contributed by atoms with E-state index in [2.05, 4.69) is 170 Å². The van der Waals surface area contributed by atoms with Gasteiger partial charge in [-0.1, -0.05) is 152 Å². The number of aromatic nitrogens is 3. The van der Waals surface area contributed by atoms with Gasteiger partial charge in [-0.2, -0.15) is 0 Å². The minimum Gasteiger partial charge on any atom is -0.208 e. The van der Waals surface area contributed by atoms with Crippen LogP contribution in [0, 0.1) is 0 Å². The third-order valence-electron chi connectivity index (χ3n) is 11.2. The first kappa shape index (κ1) is 30.5. The lowest BCUT2D eigenvalue weighted by atomic mass is 9.89. The smallest absolute Gasteiger partial charge is 0.165 e. The summed E-state index contributed by atoms with van der Waals surface area (Å²) in [6.07, 6.45) is 0. The van der Waals surface area contributed by atoms with Gasteiger partial charge in [-0.3, -0.25) is 0 Å². The number of fused-ring (bicyclic) bond motifs is 13. The van der Waals surface area contributed by atoms with E-state index < -0.39 is 0 Å². The first-order valence-corrected chi connectivity index (χ1v) is 19.4. The van der Waals surface area contributed by atoms with Crippen molar-refractivity contribution >= 4 is 96.1 Å². The zero-order chi connectivity index (χ0) is 36.0. The zero-order valence-electron chi connectivity index (χ0n) is 29.5. The van der Waals surface area contributed by atoms with Gasteiger partial charge < -0.3 is 0 Å².